The number of rotatable bonds is 0. The van der Waals surface area contributed by atoms with Crippen LogP contribution in [0.25, 0.3) is 0 Å². The van der Waals surface area contributed by atoms with Crippen molar-refractivity contribution in [3.05, 3.63) is 0 Å². The summed E-state index contributed by atoms with van der Waals surface area (Å²) in [6.07, 6.45) is 0. The molecule has 31 valence electrons. The van der Waals surface area contributed by atoms with Crippen molar-refractivity contribution in [2.45, 2.75) is 0 Å². The Morgan fingerprint density at radius 2 is 0.750 bits per heavy atom. The first-order chi connectivity index (χ1) is 0. The molecule has 0 saturated heterocycles. The Morgan fingerprint density at radius 3 is 0.750 bits per heavy atom. The zero-order valence-corrected chi connectivity index (χ0v) is 4.30. The van der Waals surface area contributed by atoms with Crippen LogP contribution < -0.4 is 0 Å². The molecule has 0 aliphatic carbocycles. The van der Waals surface area contributed by atoms with Crippen LogP contribution in [-0.4, -0.2) is 11.0 Å². The molecule has 2 nitrogen and oxygen atoms in total. The second-order valence-electron chi connectivity index (χ2n) is 0. The molecule has 0 aromatic carbocycles. The third kappa shape index (κ3) is 11.0. The molecule has 4 N–H and O–H groups in total. The minimum Gasteiger partial charge on any atom is -0.412 e. The molecule has 0 spiro atoms. The van der Waals surface area contributed by atoms with Crippen molar-refractivity contribution in [1.29, 1.82) is 0 Å². The van der Waals surface area contributed by atoms with Gasteiger partial charge in [-0.2, -0.15) is 0 Å². The van der Waals surface area contributed by atoms with Crippen molar-refractivity contribution in [1.82, 2.24) is 0 Å². The maximum Gasteiger partial charge on any atom is 0 e. The van der Waals surface area contributed by atoms with Gasteiger partial charge >= 0.3 is 0 Å². The monoisotopic (exact) mass is 147 g/mol. The van der Waals surface area contributed by atoms with Crippen molar-refractivity contribution in [3.8, 4) is 0 Å². The van der Waals surface area contributed by atoms with Gasteiger partial charge in [0.15, 0.2) is 0 Å². The van der Waals surface area contributed by atoms with Gasteiger partial charge in [0.2, 0.25) is 0 Å². The molecule has 0 rings (SSSR count). The maximum absolute atomic E-state index is 0. The van der Waals surface area contributed by atoms with Crippen LogP contribution in [0.5, 0.6) is 0 Å². The van der Waals surface area contributed by atoms with Crippen LogP contribution in [0.1, 0.15) is 0 Å². The van der Waals surface area contributed by atoms with Gasteiger partial charge in [-0.05, 0) is 0 Å². The van der Waals surface area contributed by atoms with E-state index >= 15 is 0 Å². The van der Waals surface area contributed by atoms with Gasteiger partial charge in [-0.25, -0.2) is 0 Å². The first-order valence-corrected chi connectivity index (χ1v) is 0. The Balaban J connectivity index is 0. The van der Waals surface area contributed by atoms with E-state index in [4.69, 9.17) is 0 Å². The van der Waals surface area contributed by atoms with Crippen LogP contribution in [-0.2, 0) is 38.8 Å². The smallest absolute Gasteiger partial charge is 0 e. The molecule has 0 heterocycles. The Bertz CT molecular complexity index is 6.00. The summed E-state index contributed by atoms with van der Waals surface area (Å²) in [6.45, 7) is 0. The van der Waals surface area contributed by atoms with E-state index in [1.54, 1.807) is 0 Å². The predicted octanol–water partition coefficient (Wildman–Crippen LogP) is -1.65. The topological polar surface area (TPSA) is 63.0 Å². The van der Waals surface area contributed by atoms with Crippen molar-refractivity contribution in [2.75, 3.05) is 0 Å². The largest absolute Gasteiger partial charge is 0.412 e. The third-order valence-electron chi connectivity index (χ3n) is 0. The minimum absolute atomic E-state index is 0. The maximum atomic E-state index is 0. The molecule has 0 amide bonds. The molecule has 4 heteroatoms. The second kappa shape index (κ2) is 31.0. The summed E-state index contributed by atoms with van der Waals surface area (Å²) in [4.78, 5) is 0. The second-order valence-corrected chi connectivity index (χ2v) is 0. The molecule has 0 aromatic rings. The summed E-state index contributed by atoms with van der Waals surface area (Å²) in [5.41, 5.74) is 0. The first kappa shape index (κ1) is 66.8. The van der Waals surface area contributed by atoms with Crippen molar-refractivity contribution >= 4 is 0 Å². The Hall–Kier alpha value is 1.15. The molecule has 0 saturated carbocycles. The summed E-state index contributed by atoms with van der Waals surface area (Å²) in [5, 5.41) is 0. The van der Waals surface area contributed by atoms with Gasteiger partial charge in [0.25, 0.3) is 0 Å². The average Bonchev–Trinajstić information content (AvgIpc) is 0. The molecular weight excluding hydrogens is 143 g/mol. The molecule has 0 aliphatic heterocycles. The zero-order valence-electron chi connectivity index (χ0n) is 1.80. The fourth-order valence-electron chi connectivity index (χ4n) is 0. The van der Waals surface area contributed by atoms with E-state index in [1.165, 1.54) is 0 Å². The van der Waals surface area contributed by atoms with E-state index in [1.807, 2.05) is 0 Å². The summed E-state index contributed by atoms with van der Waals surface area (Å²) in [7, 11) is 0. The van der Waals surface area contributed by atoms with Crippen LogP contribution >= 0.6 is 0 Å². The Labute approximate surface area is 49.9 Å². The molecular formula is H4CuO2Ti. The van der Waals surface area contributed by atoms with Gasteiger partial charge in [0.1, 0.15) is 0 Å². The normalized spacial score (nSPS) is 0. The Kier molecular flexibility index (Phi) is 518. The van der Waals surface area contributed by atoms with Gasteiger partial charge in [0.05, 0.1) is 0 Å². The van der Waals surface area contributed by atoms with Crippen LogP contribution in [0.3, 0.4) is 0 Å². The summed E-state index contributed by atoms with van der Waals surface area (Å²) in [6, 6.07) is 0. The van der Waals surface area contributed by atoms with Gasteiger partial charge in [-0.15, -0.1) is 0 Å². The molecule has 0 bridgehead atoms. The zero-order chi connectivity index (χ0) is 0. The molecule has 1 radical (unpaired) electrons. The van der Waals surface area contributed by atoms with Gasteiger partial charge in [0, 0.05) is 38.8 Å². The fourth-order valence-corrected chi connectivity index (χ4v) is 0. The van der Waals surface area contributed by atoms with Crippen LogP contribution in [0.15, 0.2) is 0 Å². The fraction of sp³-hybridized carbons (Fsp3) is 0. The van der Waals surface area contributed by atoms with Crippen LogP contribution in [0, 0.1) is 0 Å². The molecule has 0 atom stereocenters. The number of hydrogen-bond donors (Lipinski definition) is 0. The molecule has 0 aromatic heterocycles. The summed E-state index contributed by atoms with van der Waals surface area (Å²) >= 11 is 0. The van der Waals surface area contributed by atoms with E-state index in [0.29, 0.717) is 0 Å². The van der Waals surface area contributed by atoms with Gasteiger partial charge in [-0.1, -0.05) is 0 Å². The summed E-state index contributed by atoms with van der Waals surface area (Å²) in [5.74, 6) is 0. The van der Waals surface area contributed by atoms with Crippen molar-refractivity contribution in [2.24, 2.45) is 0 Å². The van der Waals surface area contributed by atoms with E-state index < -0.39 is 0 Å². The molecule has 0 aliphatic rings. The Morgan fingerprint density at radius 1 is 0.750 bits per heavy atom. The molecule has 0 unspecified atom stereocenters. The quantitative estimate of drug-likeness (QED) is 0.369. The minimum atomic E-state index is 0. The average molecular weight is 147 g/mol. The predicted molar refractivity (Wildman–Crippen MR) is 7.23 cm³/mol. The van der Waals surface area contributed by atoms with Crippen molar-refractivity contribution in [3.63, 3.8) is 0 Å². The number of hydrogen-bond acceptors (Lipinski definition) is 0. The van der Waals surface area contributed by atoms with E-state index in [2.05, 4.69) is 0 Å². The SMILES string of the molecule is O.O.[Cu].[Ti]. The van der Waals surface area contributed by atoms with E-state index in [-0.39, 0.29) is 49.7 Å². The molecule has 0 fully saturated rings. The van der Waals surface area contributed by atoms with E-state index in [0.717, 1.165) is 0 Å². The van der Waals surface area contributed by atoms with Gasteiger partial charge in [-0.3, -0.25) is 0 Å². The standard InChI is InChI=1S/Cu.2H2O.Ti/h;2*1H2;. The third-order valence-corrected chi connectivity index (χ3v) is 0. The first-order valence-electron chi connectivity index (χ1n) is 0. The van der Waals surface area contributed by atoms with Crippen molar-refractivity contribution < 1.29 is 49.7 Å². The van der Waals surface area contributed by atoms with Crippen LogP contribution in [0.2, 0.25) is 0 Å². The van der Waals surface area contributed by atoms with Gasteiger partial charge < -0.3 is 11.0 Å². The van der Waals surface area contributed by atoms with E-state index in [9.17, 15) is 0 Å². The van der Waals surface area contributed by atoms with Crippen LogP contribution in [0.4, 0.5) is 0 Å². The summed E-state index contributed by atoms with van der Waals surface area (Å²) < 4.78 is 0. The molecule has 4 heavy (non-hydrogen) atoms.